The van der Waals surface area contributed by atoms with Crippen LogP contribution in [0.15, 0.2) is 42.1 Å². The quantitative estimate of drug-likeness (QED) is 0.304. The van der Waals surface area contributed by atoms with Gasteiger partial charge in [0.1, 0.15) is 18.6 Å². The lowest BCUT2D eigenvalue weighted by Gasteiger charge is -1.95. The van der Waals surface area contributed by atoms with Gasteiger partial charge in [0.05, 0.1) is 0 Å². The van der Waals surface area contributed by atoms with Crippen molar-refractivity contribution in [1.29, 1.82) is 0 Å². The summed E-state index contributed by atoms with van der Waals surface area (Å²) in [6, 6.07) is 6.25. The lowest BCUT2D eigenvalue weighted by Crippen LogP contribution is -1.89. The number of rotatable bonds is 5. The molecule has 0 heterocycles. The Kier molecular flexibility index (Phi) is 4.41. The predicted molar refractivity (Wildman–Crippen MR) is 53.7 cm³/mol. The fourth-order valence-corrected chi connectivity index (χ4v) is 0.815. The molecule has 0 aliphatic carbocycles. The number of nitrogens with zero attached hydrogens (tertiary/aromatic N) is 1. The van der Waals surface area contributed by atoms with Gasteiger partial charge < -0.3 is 4.84 Å². The van der Waals surface area contributed by atoms with Crippen molar-refractivity contribution < 1.29 is 9.23 Å². The molecule has 0 saturated carbocycles. The van der Waals surface area contributed by atoms with Crippen molar-refractivity contribution in [3.05, 3.63) is 48.3 Å². The van der Waals surface area contributed by atoms with E-state index >= 15 is 0 Å². The second kappa shape index (κ2) is 5.91. The molecule has 0 saturated heterocycles. The van der Waals surface area contributed by atoms with E-state index in [1.54, 1.807) is 24.3 Å². The molecule has 0 atom stereocenters. The van der Waals surface area contributed by atoms with Crippen molar-refractivity contribution in [2.45, 2.75) is 6.42 Å². The number of hydrogen-bond donors (Lipinski definition) is 0. The minimum atomic E-state index is -0.358. The molecule has 0 spiro atoms. The zero-order valence-corrected chi connectivity index (χ0v) is 7.74. The van der Waals surface area contributed by atoms with Crippen LogP contribution in [0.4, 0.5) is 4.39 Å². The maximum atomic E-state index is 13.0. The zero-order chi connectivity index (χ0) is 10.2. The van der Waals surface area contributed by atoms with Crippen molar-refractivity contribution >= 4 is 6.21 Å². The summed E-state index contributed by atoms with van der Waals surface area (Å²) in [5.74, 6) is -0.358. The average Bonchev–Trinajstić information content (AvgIpc) is 2.20. The van der Waals surface area contributed by atoms with Crippen molar-refractivity contribution in [2.75, 3.05) is 6.61 Å². The Hall–Kier alpha value is -1.64. The Morgan fingerprint density at radius 1 is 1.50 bits per heavy atom. The van der Waals surface area contributed by atoms with Gasteiger partial charge in [0.15, 0.2) is 0 Å². The van der Waals surface area contributed by atoms with Gasteiger partial charge in [-0.15, -0.1) is 6.58 Å². The van der Waals surface area contributed by atoms with Crippen LogP contribution in [0.1, 0.15) is 12.0 Å². The summed E-state index contributed by atoms with van der Waals surface area (Å²) in [5.41, 5.74) is 0.297. The van der Waals surface area contributed by atoms with Gasteiger partial charge in [0.25, 0.3) is 0 Å². The second-order valence-electron chi connectivity index (χ2n) is 2.59. The first-order chi connectivity index (χ1) is 6.84. The third-order valence-corrected chi connectivity index (χ3v) is 1.52. The molecule has 0 aromatic heterocycles. The van der Waals surface area contributed by atoms with Gasteiger partial charge in [-0.2, -0.15) is 0 Å². The fourth-order valence-electron chi connectivity index (χ4n) is 0.815. The molecular formula is C11H11FNO. The topological polar surface area (TPSA) is 21.6 Å². The molecule has 1 aromatic carbocycles. The molecule has 73 valence electrons. The van der Waals surface area contributed by atoms with Crippen LogP contribution in [-0.4, -0.2) is 12.8 Å². The first-order valence-electron chi connectivity index (χ1n) is 4.28. The zero-order valence-electron chi connectivity index (χ0n) is 7.74. The largest absolute Gasteiger partial charge is 0.395 e. The molecule has 14 heavy (non-hydrogen) atoms. The summed E-state index contributed by atoms with van der Waals surface area (Å²) >= 11 is 0. The molecule has 0 N–H and O–H groups in total. The van der Waals surface area contributed by atoms with Gasteiger partial charge in [-0.3, -0.25) is 0 Å². The van der Waals surface area contributed by atoms with E-state index in [9.17, 15) is 4.39 Å². The van der Waals surface area contributed by atoms with Crippen LogP contribution in [0, 0.1) is 5.82 Å². The van der Waals surface area contributed by atoms with E-state index in [2.05, 4.69) is 17.9 Å². The Morgan fingerprint density at radius 3 is 3.00 bits per heavy atom. The van der Waals surface area contributed by atoms with Crippen LogP contribution in [-0.2, 0) is 4.84 Å². The van der Waals surface area contributed by atoms with E-state index in [4.69, 9.17) is 4.84 Å². The van der Waals surface area contributed by atoms with Crippen LogP contribution in [0.2, 0.25) is 0 Å². The van der Waals surface area contributed by atoms with Gasteiger partial charge in [0, 0.05) is 12.0 Å². The van der Waals surface area contributed by atoms with E-state index in [0.717, 1.165) is 0 Å². The molecule has 1 aromatic rings. The molecule has 0 fully saturated rings. The summed E-state index contributed by atoms with van der Waals surface area (Å²) in [7, 11) is 0. The standard InChI is InChI=1S/C11H11FNO/c1-2-3-8-14-13-9-10-6-4-5-7-11(10)12/h2,4-7H,1,3,8H2. The monoisotopic (exact) mass is 192 g/mol. The first kappa shape index (κ1) is 10.4. The maximum absolute atomic E-state index is 13.0. The van der Waals surface area contributed by atoms with Crippen molar-refractivity contribution in [3.8, 4) is 0 Å². The van der Waals surface area contributed by atoms with Gasteiger partial charge in [0.2, 0.25) is 0 Å². The highest BCUT2D eigenvalue weighted by Crippen LogP contribution is 2.02. The van der Waals surface area contributed by atoms with Crippen LogP contribution < -0.4 is 0 Å². The minimum absolute atomic E-state index is 0.297. The summed E-state index contributed by atoms with van der Waals surface area (Å²) in [6.07, 6.45) is 4.90. The summed E-state index contributed by atoms with van der Waals surface area (Å²) in [5, 5.41) is 3.50. The van der Waals surface area contributed by atoms with Crippen molar-refractivity contribution in [2.24, 2.45) is 5.16 Å². The normalized spacial score (nSPS) is 10.4. The molecule has 3 heteroatoms. The summed E-state index contributed by atoms with van der Waals surface area (Å²) in [4.78, 5) is 4.81. The Morgan fingerprint density at radius 2 is 2.29 bits per heavy atom. The molecular weight excluding hydrogens is 181 g/mol. The van der Waals surface area contributed by atoms with Gasteiger partial charge >= 0.3 is 0 Å². The van der Waals surface area contributed by atoms with Gasteiger partial charge in [-0.25, -0.2) is 4.39 Å². The van der Waals surface area contributed by atoms with Crippen LogP contribution in [0.25, 0.3) is 0 Å². The molecule has 0 aliphatic heterocycles. The second-order valence-corrected chi connectivity index (χ2v) is 2.59. The Labute approximate surface area is 82.7 Å². The van der Waals surface area contributed by atoms with Crippen LogP contribution >= 0.6 is 0 Å². The lowest BCUT2D eigenvalue weighted by molar-refractivity contribution is 0.151. The SMILES string of the molecule is C=CCCON=[C]c1ccccc1F. The highest BCUT2D eigenvalue weighted by Gasteiger charge is 1.96. The van der Waals surface area contributed by atoms with Crippen LogP contribution in [0.5, 0.6) is 0 Å². The number of hydrogen-bond acceptors (Lipinski definition) is 2. The minimum Gasteiger partial charge on any atom is -0.395 e. The highest BCUT2D eigenvalue weighted by molar-refractivity contribution is 5.79. The van der Waals surface area contributed by atoms with Crippen molar-refractivity contribution in [1.82, 2.24) is 0 Å². The van der Waals surface area contributed by atoms with Gasteiger partial charge in [-0.05, 0) is 12.1 Å². The average molecular weight is 192 g/mol. The molecule has 1 radical (unpaired) electrons. The maximum Gasteiger partial charge on any atom is 0.142 e. The van der Waals surface area contributed by atoms with E-state index in [1.165, 1.54) is 6.07 Å². The molecule has 0 amide bonds. The van der Waals surface area contributed by atoms with E-state index in [1.807, 2.05) is 0 Å². The molecule has 0 bridgehead atoms. The molecule has 2 nitrogen and oxygen atoms in total. The van der Waals surface area contributed by atoms with Crippen LogP contribution in [0.3, 0.4) is 0 Å². The predicted octanol–water partition coefficient (Wildman–Crippen LogP) is 2.63. The third kappa shape index (κ3) is 3.39. The van der Waals surface area contributed by atoms with Gasteiger partial charge in [-0.1, -0.05) is 23.4 Å². The first-order valence-corrected chi connectivity index (χ1v) is 4.28. The number of benzene rings is 1. The third-order valence-electron chi connectivity index (χ3n) is 1.52. The Bertz CT molecular complexity index is 323. The summed E-state index contributed by atoms with van der Waals surface area (Å²) < 4.78 is 13.0. The fraction of sp³-hybridized carbons (Fsp3) is 0.182. The molecule has 1 rings (SSSR count). The molecule has 0 unspecified atom stereocenters. The Balaban J connectivity index is 2.43. The highest BCUT2D eigenvalue weighted by atomic mass is 19.1. The van der Waals surface area contributed by atoms with E-state index in [-0.39, 0.29) is 5.82 Å². The summed E-state index contributed by atoms with van der Waals surface area (Å²) in [6.45, 7) is 3.96. The van der Waals surface area contributed by atoms with E-state index in [0.29, 0.717) is 18.6 Å². The lowest BCUT2D eigenvalue weighted by atomic mass is 10.2. The van der Waals surface area contributed by atoms with Crippen molar-refractivity contribution in [3.63, 3.8) is 0 Å². The molecule has 0 aliphatic rings. The smallest absolute Gasteiger partial charge is 0.142 e. The number of halogens is 1. The van der Waals surface area contributed by atoms with E-state index < -0.39 is 0 Å².